The molecule has 0 atom stereocenters. The lowest BCUT2D eigenvalue weighted by molar-refractivity contribution is 0.138. The molecule has 0 amide bonds. The summed E-state index contributed by atoms with van der Waals surface area (Å²) in [5, 5.41) is 77.1. The summed E-state index contributed by atoms with van der Waals surface area (Å²) >= 11 is 4.85. The number of rotatable bonds is 11. The zero-order chi connectivity index (χ0) is 51.3. The van der Waals surface area contributed by atoms with Gasteiger partial charge in [-0.2, -0.15) is 59.7 Å². The molecule has 72 heavy (non-hydrogen) atoms. The molecule has 4 heterocycles. The van der Waals surface area contributed by atoms with Gasteiger partial charge >= 0.3 is 11.8 Å². The van der Waals surface area contributed by atoms with Gasteiger partial charge in [-0.3, -0.25) is 0 Å². The van der Waals surface area contributed by atoms with Crippen molar-refractivity contribution in [1.29, 1.82) is 42.1 Å². The lowest BCUT2D eigenvalue weighted by atomic mass is 9.75. The molecule has 0 N–H and O–H groups in total. The normalized spacial score (nSPS) is 14.8. The molecule has 16 heteroatoms. The van der Waals surface area contributed by atoms with Gasteiger partial charge in [-0.25, -0.2) is 0 Å². The summed E-state index contributed by atoms with van der Waals surface area (Å²) in [5.74, 6) is -7.79. The summed E-state index contributed by atoms with van der Waals surface area (Å²) in [6, 6.07) is 36.0. The molecule has 0 fully saturated rings. The highest BCUT2D eigenvalue weighted by molar-refractivity contribution is 7.25. The molecule has 8 nitrogen and oxygen atoms in total. The smallest absolute Gasteiger partial charge is 0.196 e. The summed E-state index contributed by atoms with van der Waals surface area (Å²) < 4.78 is 63.5. The highest BCUT2D eigenvalue weighted by Crippen LogP contribution is 2.61. The van der Waals surface area contributed by atoms with Crippen LogP contribution in [-0.2, 0) is 5.41 Å². The first kappa shape index (κ1) is 48.8. The zero-order valence-electron chi connectivity index (χ0n) is 38.1. The molecule has 2 aromatic carbocycles. The highest BCUT2D eigenvalue weighted by atomic mass is 32.1. The molecule has 0 bridgehead atoms. The Balaban J connectivity index is 1.08. The summed E-state index contributed by atoms with van der Waals surface area (Å²) in [6.45, 7) is 4.46. The third kappa shape index (κ3) is 7.66. The molecule has 0 saturated carbocycles. The predicted octanol–water partition coefficient (Wildman–Crippen LogP) is 16.1. The minimum absolute atomic E-state index is 0.0293. The molecule has 4 aromatic heterocycles. The molecule has 0 unspecified atom stereocenters. The van der Waals surface area contributed by atoms with E-state index in [4.69, 9.17) is 0 Å². The number of unbranched alkanes of at least 4 members (excludes halogenated alkanes) is 5. The first-order chi connectivity index (χ1) is 34.7. The second-order valence-electron chi connectivity index (χ2n) is 17.4. The first-order valence-electron chi connectivity index (χ1n) is 22.4. The van der Waals surface area contributed by atoms with Gasteiger partial charge in [-0.15, -0.1) is 45.3 Å². The number of hydrogen-bond acceptors (Lipinski definition) is 12. The molecule has 0 aliphatic heterocycles. The summed E-state index contributed by atoms with van der Waals surface area (Å²) in [4.78, 5) is 4.38. The Bertz CT molecular complexity index is 3390. The molecule has 348 valence electrons. The second kappa shape index (κ2) is 18.9. The van der Waals surface area contributed by atoms with Crippen LogP contribution >= 0.6 is 45.3 Å². The number of hydrogen-bond donors (Lipinski definition) is 0. The van der Waals surface area contributed by atoms with Crippen molar-refractivity contribution in [1.82, 2.24) is 0 Å². The Hall–Kier alpha value is -8.16. The molecule has 0 spiro atoms. The molecular weight excluding hydrogens is 989 g/mol. The van der Waals surface area contributed by atoms with E-state index in [0.717, 1.165) is 114 Å². The maximum atomic E-state index is 15.9. The van der Waals surface area contributed by atoms with E-state index in [9.17, 15) is 42.1 Å². The number of fused-ring (bicyclic) bond motifs is 5. The SMILES string of the molecule is CCCCCCCCC1(C)c2cc(-c3ccc(-c4cc5c(s4)C(=C(C#N)C#N)C(F)(F)C5=C(C#N)C#N)s3)ccc2-c2ccc(-c3ccc(-c4cc5c(s4)C(=C(C#N)C#N)C(F)(F)C5=C(C#N)C#N)s3)cc21. The molecule has 3 aliphatic rings. The summed E-state index contributed by atoms with van der Waals surface area (Å²) in [6.07, 6.45) is 7.53. The van der Waals surface area contributed by atoms with Crippen molar-refractivity contribution in [2.24, 2.45) is 0 Å². The Morgan fingerprint density at radius 2 is 0.778 bits per heavy atom. The van der Waals surface area contributed by atoms with E-state index < -0.39 is 61.8 Å². The number of allylic oxidation sites excluding steroid dienone is 8. The average Bonchev–Trinajstić information content (AvgIpc) is 4.26. The molecule has 6 aromatic rings. The van der Waals surface area contributed by atoms with Crippen LogP contribution < -0.4 is 0 Å². The number of nitrogens with zero attached hydrogens (tertiary/aromatic N) is 8. The van der Waals surface area contributed by atoms with Gasteiger partial charge < -0.3 is 0 Å². The number of halogens is 4. The third-order valence-corrected chi connectivity index (χ3v) is 18.4. The fraction of sp³-hybridized carbons (Fsp3) is 0.214. The van der Waals surface area contributed by atoms with Gasteiger partial charge in [-0.1, -0.05) is 76.6 Å². The van der Waals surface area contributed by atoms with Crippen LogP contribution in [0.25, 0.3) is 73.8 Å². The van der Waals surface area contributed by atoms with Gasteiger partial charge in [0, 0.05) is 55.6 Å². The lowest BCUT2D eigenvalue weighted by Gasteiger charge is -2.28. The first-order valence-corrected chi connectivity index (χ1v) is 25.7. The fourth-order valence-corrected chi connectivity index (χ4v) is 14.7. The molecule has 9 rings (SSSR count). The van der Waals surface area contributed by atoms with Crippen molar-refractivity contribution < 1.29 is 17.6 Å². The Morgan fingerprint density at radius 1 is 0.417 bits per heavy atom. The monoisotopic (exact) mass is 1020 g/mol. The number of nitriles is 8. The number of alkyl halides is 4. The highest BCUT2D eigenvalue weighted by Gasteiger charge is 2.54. The molecule has 0 saturated heterocycles. The van der Waals surface area contributed by atoms with Crippen LogP contribution in [0.3, 0.4) is 0 Å². The van der Waals surface area contributed by atoms with Crippen LogP contribution in [0.5, 0.6) is 0 Å². The van der Waals surface area contributed by atoms with Gasteiger partial charge in [0.1, 0.15) is 70.8 Å². The van der Waals surface area contributed by atoms with Gasteiger partial charge in [0.05, 0.1) is 22.3 Å². The van der Waals surface area contributed by atoms with E-state index in [2.05, 4.69) is 50.2 Å². The van der Waals surface area contributed by atoms with Crippen LogP contribution in [0.2, 0.25) is 0 Å². The number of thiophene rings is 4. The fourth-order valence-electron chi connectivity index (χ4n) is 10.0. The van der Waals surface area contributed by atoms with Gasteiger partial charge in [0.15, 0.2) is 0 Å². The van der Waals surface area contributed by atoms with Gasteiger partial charge in [0.25, 0.3) is 0 Å². The van der Waals surface area contributed by atoms with Crippen LogP contribution in [-0.4, -0.2) is 11.8 Å². The van der Waals surface area contributed by atoms with Crippen LogP contribution in [0.4, 0.5) is 17.6 Å². The largest absolute Gasteiger partial charge is 0.304 e. The Labute approximate surface area is 428 Å². The van der Waals surface area contributed by atoms with E-state index in [1.54, 1.807) is 48.6 Å². The van der Waals surface area contributed by atoms with Crippen molar-refractivity contribution in [2.75, 3.05) is 0 Å². The maximum Gasteiger partial charge on any atom is 0.304 e. The van der Waals surface area contributed by atoms with Crippen molar-refractivity contribution in [3.05, 3.63) is 127 Å². The average molecular weight is 1020 g/mol. The van der Waals surface area contributed by atoms with Crippen LogP contribution in [0.15, 0.2) is 95.1 Å². The predicted molar refractivity (Wildman–Crippen MR) is 272 cm³/mol. The van der Waals surface area contributed by atoms with Crippen molar-refractivity contribution in [3.8, 4) is 100 Å². The molecule has 0 radical (unpaired) electrons. The minimum atomic E-state index is -3.89. The van der Waals surface area contributed by atoms with E-state index in [0.29, 0.717) is 9.75 Å². The topological polar surface area (TPSA) is 190 Å². The van der Waals surface area contributed by atoms with Gasteiger partial charge in [-0.05, 0) is 88.3 Å². The van der Waals surface area contributed by atoms with Crippen molar-refractivity contribution in [2.45, 2.75) is 76.1 Å². The summed E-state index contributed by atoms with van der Waals surface area (Å²) in [5.41, 5.74) is -0.501. The van der Waals surface area contributed by atoms with Crippen LogP contribution in [0, 0.1) is 90.6 Å². The maximum absolute atomic E-state index is 15.9. The minimum Gasteiger partial charge on any atom is -0.196 e. The van der Waals surface area contributed by atoms with E-state index >= 15 is 17.6 Å². The lowest BCUT2D eigenvalue weighted by Crippen LogP contribution is -2.20. The van der Waals surface area contributed by atoms with E-state index in [1.807, 2.05) is 24.3 Å². The molecule has 3 aliphatic carbocycles. The number of benzene rings is 2. The van der Waals surface area contributed by atoms with Gasteiger partial charge in [0.2, 0.25) is 0 Å². The van der Waals surface area contributed by atoms with Crippen molar-refractivity contribution >= 4 is 67.6 Å². The van der Waals surface area contributed by atoms with Crippen LogP contribution in [0.1, 0.15) is 90.8 Å². The van der Waals surface area contributed by atoms with E-state index in [1.165, 1.54) is 41.2 Å². The quantitative estimate of drug-likeness (QED) is 0.0695. The third-order valence-electron chi connectivity index (χ3n) is 13.4. The standard InChI is InChI=1S/C56H32F4N8S4/c1-3-4-5-6-7-8-17-54(2)40-18-30(42-13-15-44(69-42)46-20-38-48(32(22-61)23-62)55(57,58)50(52(38)71-46)34(26-65)27-66)9-11-36(40)37-12-10-31(19-41(37)54)43-14-16-45(70-43)47-21-39-49(33(24-63)25-64)56(59,60)51(53(39)72-47)35(28-67)29-68/h9-16,18-21H,3-8,17H2,1-2H3. The zero-order valence-corrected chi connectivity index (χ0v) is 41.4. The van der Waals surface area contributed by atoms with Crippen molar-refractivity contribution in [3.63, 3.8) is 0 Å². The molecular formula is C56H32F4N8S4. The summed E-state index contributed by atoms with van der Waals surface area (Å²) in [7, 11) is 0. The Morgan fingerprint density at radius 3 is 1.17 bits per heavy atom. The second-order valence-corrected chi connectivity index (χ2v) is 21.7. The van der Waals surface area contributed by atoms with E-state index in [-0.39, 0.29) is 20.9 Å². The Kier molecular flexibility index (Phi) is 12.8.